The first kappa shape index (κ1) is 14.2. The largest absolute Gasteiger partial charge is 0.492 e. The van der Waals surface area contributed by atoms with Crippen molar-refractivity contribution >= 4 is 12.2 Å². The molecule has 8 nitrogen and oxygen atoms in total. The standard InChI is InChI=1S/C10H14N2O6S/c1-17-4-2-12(10(16)11-8(4)19)9-7(15)6(14)5(3-13)18-9/h2,5-7,9,13-15H,3H2,1H3,(H,11,16,19)/t5-,6-,7+,9-/m1/s1. The number of hydrogen-bond donors (Lipinski definition) is 4. The summed E-state index contributed by atoms with van der Waals surface area (Å²) >= 11 is 4.89. The third-order valence-electron chi connectivity index (χ3n) is 2.95. The van der Waals surface area contributed by atoms with Gasteiger partial charge in [-0.3, -0.25) is 9.55 Å². The molecule has 106 valence electrons. The second-order valence-corrected chi connectivity index (χ2v) is 4.50. The van der Waals surface area contributed by atoms with Crippen molar-refractivity contribution in [2.75, 3.05) is 13.7 Å². The maximum absolute atomic E-state index is 11.8. The molecule has 0 saturated carbocycles. The minimum absolute atomic E-state index is 0.121. The topological polar surface area (TPSA) is 117 Å². The van der Waals surface area contributed by atoms with Crippen LogP contribution in [-0.2, 0) is 4.74 Å². The first-order valence-corrected chi connectivity index (χ1v) is 5.92. The van der Waals surface area contributed by atoms with Gasteiger partial charge in [0, 0.05) is 0 Å². The van der Waals surface area contributed by atoms with E-state index in [-0.39, 0.29) is 10.4 Å². The molecule has 0 spiro atoms. The fourth-order valence-corrected chi connectivity index (χ4v) is 2.13. The van der Waals surface area contributed by atoms with Gasteiger partial charge in [-0.05, 0) is 0 Å². The zero-order valence-electron chi connectivity index (χ0n) is 10.0. The van der Waals surface area contributed by atoms with Gasteiger partial charge in [0.2, 0.25) is 0 Å². The molecular formula is C10H14N2O6S. The van der Waals surface area contributed by atoms with Gasteiger partial charge in [-0.25, -0.2) is 4.79 Å². The van der Waals surface area contributed by atoms with Crippen molar-refractivity contribution in [2.24, 2.45) is 0 Å². The molecule has 1 fully saturated rings. The van der Waals surface area contributed by atoms with Crippen molar-refractivity contribution in [1.82, 2.24) is 9.55 Å². The first-order valence-electron chi connectivity index (χ1n) is 5.51. The molecule has 4 N–H and O–H groups in total. The van der Waals surface area contributed by atoms with E-state index in [2.05, 4.69) is 4.98 Å². The molecule has 1 aromatic rings. The van der Waals surface area contributed by atoms with Crippen LogP contribution < -0.4 is 10.4 Å². The Morgan fingerprint density at radius 2 is 2.21 bits per heavy atom. The number of methoxy groups -OCH3 is 1. The lowest BCUT2D eigenvalue weighted by molar-refractivity contribution is -0.0552. The van der Waals surface area contributed by atoms with E-state index >= 15 is 0 Å². The Morgan fingerprint density at radius 1 is 1.53 bits per heavy atom. The van der Waals surface area contributed by atoms with Crippen molar-refractivity contribution in [1.29, 1.82) is 0 Å². The number of aliphatic hydroxyl groups is 3. The van der Waals surface area contributed by atoms with E-state index in [0.717, 1.165) is 4.57 Å². The lowest BCUT2D eigenvalue weighted by atomic mass is 10.1. The molecule has 0 bridgehead atoms. The number of ether oxygens (including phenoxy) is 2. The summed E-state index contributed by atoms with van der Waals surface area (Å²) in [5, 5.41) is 28.5. The predicted molar refractivity (Wildman–Crippen MR) is 65.4 cm³/mol. The van der Waals surface area contributed by atoms with Crippen molar-refractivity contribution in [3.63, 3.8) is 0 Å². The van der Waals surface area contributed by atoms with E-state index in [1.807, 2.05) is 0 Å². The van der Waals surface area contributed by atoms with Crippen LogP contribution in [0.5, 0.6) is 5.75 Å². The van der Waals surface area contributed by atoms with Crippen LogP contribution >= 0.6 is 12.2 Å². The Hall–Kier alpha value is -1.26. The molecular weight excluding hydrogens is 276 g/mol. The van der Waals surface area contributed by atoms with E-state index in [1.54, 1.807) is 0 Å². The highest BCUT2D eigenvalue weighted by Gasteiger charge is 2.43. The molecule has 2 heterocycles. The number of nitrogens with one attached hydrogen (secondary N) is 1. The van der Waals surface area contributed by atoms with Gasteiger partial charge >= 0.3 is 5.69 Å². The van der Waals surface area contributed by atoms with Crippen LogP contribution in [0.1, 0.15) is 6.23 Å². The maximum atomic E-state index is 11.8. The zero-order chi connectivity index (χ0) is 14.2. The third-order valence-corrected chi connectivity index (χ3v) is 3.25. The third kappa shape index (κ3) is 2.42. The first-order chi connectivity index (χ1) is 8.99. The van der Waals surface area contributed by atoms with Crippen LogP contribution in [0.4, 0.5) is 0 Å². The van der Waals surface area contributed by atoms with Crippen molar-refractivity contribution in [3.05, 3.63) is 21.3 Å². The van der Waals surface area contributed by atoms with Crippen LogP contribution in [0, 0.1) is 4.64 Å². The van der Waals surface area contributed by atoms with E-state index in [9.17, 15) is 15.0 Å². The Labute approximate surface area is 112 Å². The number of hydrogen-bond acceptors (Lipinski definition) is 7. The summed E-state index contributed by atoms with van der Waals surface area (Å²) in [6, 6.07) is 0. The van der Waals surface area contributed by atoms with E-state index < -0.39 is 36.8 Å². The van der Waals surface area contributed by atoms with Crippen molar-refractivity contribution in [2.45, 2.75) is 24.5 Å². The van der Waals surface area contributed by atoms with Gasteiger partial charge in [0.25, 0.3) is 0 Å². The van der Waals surface area contributed by atoms with Gasteiger partial charge in [0.1, 0.15) is 18.3 Å². The predicted octanol–water partition coefficient (Wildman–Crippen LogP) is -1.47. The second-order valence-electron chi connectivity index (χ2n) is 4.09. The molecule has 1 aliphatic rings. The molecule has 1 aliphatic heterocycles. The minimum atomic E-state index is -1.34. The average molecular weight is 290 g/mol. The summed E-state index contributed by atoms with van der Waals surface area (Å²) in [6.07, 6.45) is -3.43. The number of aromatic nitrogens is 2. The van der Waals surface area contributed by atoms with E-state index in [4.69, 9.17) is 26.8 Å². The molecule has 2 rings (SSSR count). The fourth-order valence-electron chi connectivity index (χ4n) is 1.91. The number of aliphatic hydroxyl groups excluding tert-OH is 3. The summed E-state index contributed by atoms with van der Waals surface area (Å²) in [7, 11) is 1.38. The molecule has 9 heteroatoms. The van der Waals surface area contributed by atoms with Gasteiger partial charge in [0.05, 0.1) is 19.9 Å². The second kappa shape index (κ2) is 5.39. The lowest BCUT2D eigenvalue weighted by Crippen LogP contribution is -2.36. The van der Waals surface area contributed by atoms with Crippen molar-refractivity contribution < 1.29 is 24.8 Å². The average Bonchev–Trinajstić information content (AvgIpc) is 2.67. The molecule has 0 unspecified atom stereocenters. The summed E-state index contributed by atoms with van der Waals surface area (Å²) < 4.78 is 11.4. The highest BCUT2D eigenvalue weighted by Crippen LogP contribution is 2.28. The number of aromatic amines is 1. The number of rotatable bonds is 3. The Bertz CT molecular complexity index is 570. The molecule has 0 amide bonds. The molecule has 1 aromatic heterocycles. The van der Waals surface area contributed by atoms with Gasteiger partial charge in [-0.1, -0.05) is 12.2 Å². The molecule has 19 heavy (non-hydrogen) atoms. The van der Waals surface area contributed by atoms with Gasteiger partial charge in [-0.2, -0.15) is 0 Å². The Balaban J connectivity index is 2.43. The lowest BCUT2D eigenvalue weighted by Gasteiger charge is -2.17. The van der Waals surface area contributed by atoms with E-state index in [0.29, 0.717) is 0 Å². The van der Waals surface area contributed by atoms with Crippen LogP contribution in [-0.4, -0.2) is 56.9 Å². The summed E-state index contributed by atoms with van der Waals surface area (Å²) in [6.45, 7) is -0.469. The quantitative estimate of drug-likeness (QED) is 0.502. The van der Waals surface area contributed by atoms with Gasteiger partial charge < -0.3 is 24.8 Å². The summed E-state index contributed by atoms with van der Waals surface area (Å²) in [5.74, 6) is 0.229. The smallest absolute Gasteiger partial charge is 0.328 e. The monoisotopic (exact) mass is 290 g/mol. The van der Waals surface area contributed by atoms with Crippen LogP contribution in [0.3, 0.4) is 0 Å². The normalized spacial score (nSPS) is 30.5. The van der Waals surface area contributed by atoms with E-state index in [1.165, 1.54) is 13.3 Å². The molecule has 0 aliphatic carbocycles. The van der Waals surface area contributed by atoms with Crippen LogP contribution in [0.15, 0.2) is 11.0 Å². The zero-order valence-corrected chi connectivity index (χ0v) is 10.8. The molecule has 1 saturated heterocycles. The fraction of sp³-hybridized carbons (Fsp3) is 0.600. The highest BCUT2D eigenvalue weighted by atomic mass is 32.1. The van der Waals surface area contributed by atoms with Gasteiger partial charge in [-0.15, -0.1) is 0 Å². The molecule has 4 atom stereocenters. The number of H-pyrrole nitrogens is 1. The summed E-state index contributed by atoms with van der Waals surface area (Å²) in [5.41, 5.74) is -0.611. The van der Waals surface area contributed by atoms with Crippen molar-refractivity contribution in [3.8, 4) is 5.75 Å². The SMILES string of the molecule is COc1cn([C@@H]2O[C@H](CO)[C@@H](O)[C@@H]2O)c(=O)[nH]c1=S. The van der Waals surface area contributed by atoms with Crippen LogP contribution in [0.25, 0.3) is 0 Å². The Morgan fingerprint density at radius 3 is 2.74 bits per heavy atom. The summed E-state index contributed by atoms with van der Waals surface area (Å²) in [4.78, 5) is 14.2. The Kier molecular flexibility index (Phi) is 4.02. The highest BCUT2D eigenvalue weighted by molar-refractivity contribution is 7.71. The van der Waals surface area contributed by atoms with Gasteiger partial charge in [0.15, 0.2) is 16.6 Å². The molecule has 0 radical (unpaired) electrons. The molecule has 0 aromatic carbocycles. The number of nitrogens with zero attached hydrogens (tertiary/aromatic N) is 1. The minimum Gasteiger partial charge on any atom is -0.492 e. The maximum Gasteiger partial charge on any atom is 0.328 e. The van der Waals surface area contributed by atoms with Crippen LogP contribution in [0.2, 0.25) is 0 Å².